The van der Waals surface area contributed by atoms with Crippen molar-refractivity contribution in [3.63, 3.8) is 0 Å². The van der Waals surface area contributed by atoms with Gasteiger partial charge in [0.2, 0.25) is 0 Å². The number of halogens is 1. The molecule has 1 atom stereocenters. The molecule has 112 valence electrons. The van der Waals surface area contributed by atoms with E-state index in [1.807, 2.05) is 6.92 Å². The van der Waals surface area contributed by atoms with E-state index in [1.165, 1.54) is 16.8 Å². The zero-order chi connectivity index (χ0) is 15.4. The molecule has 0 bridgehead atoms. The van der Waals surface area contributed by atoms with Gasteiger partial charge in [-0.15, -0.1) is 0 Å². The molecule has 2 aromatic rings. The van der Waals surface area contributed by atoms with Crippen molar-refractivity contribution in [3.05, 3.63) is 63.3 Å². The van der Waals surface area contributed by atoms with Crippen LogP contribution in [0.1, 0.15) is 42.6 Å². The molecule has 2 N–H and O–H groups in total. The van der Waals surface area contributed by atoms with Crippen LogP contribution in [0.3, 0.4) is 0 Å². The Morgan fingerprint density at radius 2 is 2.00 bits per heavy atom. The molecule has 4 nitrogen and oxygen atoms in total. The Labute approximate surface area is 123 Å². The first kappa shape index (κ1) is 15.4. The van der Waals surface area contributed by atoms with E-state index < -0.39 is 6.04 Å². The molecule has 0 spiro atoms. The summed E-state index contributed by atoms with van der Waals surface area (Å²) in [5, 5.41) is 4.25. The summed E-state index contributed by atoms with van der Waals surface area (Å²) in [7, 11) is 0. The lowest BCUT2D eigenvalue weighted by Gasteiger charge is -2.14. The minimum Gasteiger partial charge on any atom is -0.320 e. The maximum atomic E-state index is 13.0. The van der Waals surface area contributed by atoms with Crippen LogP contribution in [0.4, 0.5) is 4.39 Å². The van der Waals surface area contributed by atoms with E-state index in [1.54, 1.807) is 18.2 Å². The van der Waals surface area contributed by atoms with E-state index >= 15 is 0 Å². The van der Waals surface area contributed by atoms with E-state index in [0.717, 1.165) is 18.5 Å². The summed E-state index contributed by atoms with van der Waals surface area (Å²) in [5.74, 6) is -0.322. The number of aromatic nitrogens is 2. The summed E-state index contributed by atoms with van der Waals surface area (Å²) in [6.07, 6.45) is 1.88. The van der Waals surface area contributed by atoms with Crippen molar-refractivity contribution in [1.29, 1.82) is 0 Å². The van der Waals surface area contributed by atoms with Crippen molar-refractivity contribution >= 4 is 0 Å². The fourth-order valence-corrected chi connectivity index (χ4v) is 2.23. The summed E-state index contributed by atoms with van der Waals surface area (Å²) in [6.45, 7) is 4.48. The topological polar surface area (TPSA) is 60.9 Å². The molecule has 0 radical (unpaired) electrons. The number of aryl methyl sites for hydroxylation is 2. The Hall–Kier alpha value is -2.01. The fraction of sp³-hybridized carbons (Fsp3) is 0.375. The Balaban J connectivity index is 2.40. The number of hydrogen-bond donors (Lipinski definition) is 1. The zero-order valence-electron chi connectivity index (χ0n) is 12.3. The third-order valence-electron chi connectivity index (χ3n) is 3.41. The van der Waals surface area contributed by atoms with Crippen LogP contribution in [-0.4, -0.2) is 9.78 Å². The van der Waals surface area contributed by atoms with Crippen LogP contribution in [-0.2, 0) is 6.54 Å². The summed E-state index contributed by atoms with van der Waals surface area (Å²) in [6, 6.07) is 7.03. The third kappa shape index (κ3) is 3.55. The molecule has 0 amide bonds. The van der Waals surface area contributed by atoms with Gasteiger partial charge >= 0.3 is 0 Å². The normalized spacial score (nSPS) is 12.4. The average molecular weight is 289 g/mol. The first-order valence-corrected chi connectivity index (χ1v) is 7.12. The van der Waals surface area contributed by atoms with Gasteiger partial charge in [-0.3, -0.25) is 4.79 Å². The molecule has 1 aromatic carbocycles. The summed E-state index contributed by atoms with van der Waals surface area (Å²) < 4.78 is 14.5. The van der Waals surface area contributed by atoms with E-state index in [2.05, 4.69) is 12.0 Å². The SMILES string of the molecule is CCCCn1nc(C)cc(C(N)c2ccc(F)cc2)c1=O. The maximum Gasteiger partial charge on any atom is 0.271 e. The lowest BCUT2D eigenvalue weighted by molar-refractivity contribution is 0.529. The molecule has 0 fully saturated rings. The van der Waals surface area contributed by atoms with Gasteiger partial charge in [-0.05, 0) is 37.1 Å². The summed E-state index contributed by atoms with van der Waals surface area (Å²) in [5.41, 5.74) is 7.94. The lowest BCUT2D eigenvalue weighted by atomic mass is 10.0. The molecule has 1 aromatic heterocycles. The average Bonchev–Trinajstić information content (AvgIpc) is 2.48. The molecule has 21 heavy (non-hydrogen) atoms. The van der Waals surface area contributed by atoms with Gasteiger partial charge in [0.25, 0.3) is 5.56 Å². The minimum absolute atomic E-state index is 0.175. The van der Waals surface area contributed by atoms with Crippen molar-refractivity contribution in [3.8, 4) is 0 Å². The standard InChI is InChI=1S/C16H20FN3O/c1-3-4-9-20-16(21)14(10-11(2)19-20)15(18)12-5-7-13(17)8-6-12/h5-8,10,15H,3-4,9,18H2,1-2H3. The monoisotopic (exact) mass is 289 g/mol. The van der Waals surface area contributed by atoms with Crippen molar-refractivity contribution in [2.75, 3.05) is 0 Å². The summed E-state index contributed by atoms with van der Waals surface area (Å²) >= 11 is 0. The molecule has 5 heteroatoms. The smallest absolute Gasteiger partial charge is 0.271 e. The van der Waals surface area contributed by atoms with Crippen LogP contribution in [0.5, 0.6) is 0 Å². The largest absolute Gasteiger partial charge is 0.320 e. The number of unbranched alkanes of at least 4 members (excludes halogenated alkanes) is 1. The van der Waals surface area contributed by atoms with Gasteiger partial charge in [0, 0.05) is 12.1 Å². The van der Waals surface area contributed by atoms with Crippen molar-refractivity contribution in [1.82, 2.24) is 9.78 Å². The Morgan fingerprint density at radius 3 is 2.62 bits per heavy atom. The van der Waals surface area contributed by atoms with Crippen LogP contribution in [0.25, 0.3) is 0 Å². The molecular weight excluding hydrogens is 269 g/mol. The third-order valence-corrected chi connectivity index (χ3v) is 3.41. The van der Waals surface area contributed by atoms with E-state index in [4.69, 9.17) is 5.73 Å². The van der Waals surface area contributed by atoms with Gasteiger partial charge in [-0.2, -0.15) is 5.10 Å². The highest BCUT2D eigenvalue weighted by Crippen LogP contribution is 2.17. The van der Waals surface area contributed by atoms with E-state index in [9.17, 15) is 9.18 Å². The highest BCUT2D eigenvalue weighted by atomic mass is 19.1. The van der Waals surface area contributed by atoms with Crippen molar-refractivity contribution in [2.24, 2.45) is 5.73 Å². The molecule has 0 aliphatic heterocycles. The Morgan fingerprint density at radius 1 is 1.33 bits per heavy atom. The van der Waals surface area contributed by atoms with Crippen LogP contribution in [0.15, 0.2) is 35.1 Å². The molecule has 0 aliphatic carbocycles. The molecule has 2 rings (SSSR count). The number of rotatable bonds is 5. The van der Waals surface area contributed by atoms with Crippen molar-refractivity contribution in [2.45, 2.75) is 39.3 Å². The van der Waals surface area contributed by atoms with Crippen LogP contribution >= 0.6 is 0 Å². The molecule has 0 saturated carbocycles. The predicted molar refractivity (Wildman–Crippen MR) is 80.6 cm³/mol. The number of benzene rings is 1. The Bertz CT molecular complexity index is 664. The second kappa shape index (κ2) is 6.63. The first-order valence-electron chi connectivity index (χ1n) is 7.12. The molecule has 1 unspecified atom stereocenters. The van der Waals surface area contributed by atoms with Gasteiger partial charge in [0.1, 0.15) is 5.82 Å². The minimum atomic E-state index is -0.576. The number of nitrogens with zero attached hydrogens (tertiary/aromatic N) is 2. The molecule has 0 saturated heterocycles. The van der Waals surface area contributed by atoms with Gasteiger partial charge in [-0.25, -0.2) is 9.07 Å². The van der Waals surface area contributed by atoms with E-state index in [-0.39, 0.29) is 11.4 Å². The molecular formula is C16H20FN3O. The number of hydrogen-bond acceptors (Lipinski definition) is 3. The van der Waals surface area contributed by atoms with E-state index in [0.29, 0.717) is 17.7 Å². The molecule has 0 aliphatic rings. The van der Waals surface area contributed by atoms with Crippen LogP contribution in [0, 0.1) is 12.7 Å². The highest BCUT2D eigenvalue weighted by Gasteiger charge is 2.15. The highest BCUT2D eigenvalue weighted by molar-refractivity contribution is 5.30. The molecule has 1 heterocycles. The second-order valence-corrected chi connectivity index (χ2v) is 5.15. The fourth-order valence-electron chi connectivity index (χ4n) is 2.23. The zero-order valence-corrected chi connectivity index (χ0v) is 12.3. The van der Waals surface area contributed by atoms with Crippen molar-refractivity contribution < 1.29 is 4.39 Å². The second-order valence-electron chi connectivity index (χ2n) is 5.15. The predicted octanol–water partition coefficient (Wildman–Crippen LogP) is 2.54. The summed E-state index contributed by atoms with van der Waals surface area (Å²) in [4.78, 5) is 12.5. The van der Waals surface area contributed by atoms with Crippen LogP contribution < -0.4 is 11.3 Å². The number of nitrogens with two attached hydrogens (primary N) is 1. The van der Waals surface area contributed by atoms with Gasteiger partial charge in [-0.1, -0.05) is 25.5 Å². The lowest BCUT2D eigenvalue weighted by Crippen LogP contribution is -2.31. The van der Waals surface area contributed by atoms with Crippen LogP contribution in [0.2, 0.25) is 0 Å². The maximum absolute atomic E-state index is 13.0. The Kier molecular flexibility index (Phi) is 4.85. The van der Waals surface area contributed by atoms with Gasteiger partial charge in [0.15, 0.2) is 0 Å². The first-order chi connectivity index (χ1) is 10.0. The van der Waals surface area contributed by atoms with Gasteiger partial charge in [0.05, 0.1) is 11.7 Å². The van der Waals surface area contributed by atoms with Gasteiger partial charge < -0.3 is 5.73 Å². The quantitative estimate of drug-likeness (QED) is 0.920.